The Kier molecular flexibility index (Phi) is 3.39. The van der Waals surface area contributed by atoms with Gasteiger partial charge in [0.2, 0.25) is 0 Å². The Hall–Kier alpha value is -1.15. The predicted molar refractivity (Wildman–Crippen MR) is 71.5 cm³/mol. The van der Waals surface area contributed by atoms with E-state index in [1.165, 1.54) is 5.56 Å². The molecule has 2 aromatic rings. The van der Waals surface area contributed by atoms with Crippen molar-refractivity contribution in [2.24, 2.45) is 0 Å². The molecule has 0 aliphatic carbocycles. The summed E-state index contributed by atoms with van der Waals surface area (Å²) in [6.07, 6.45) is 1.96. The molecule has 1 aromatic heterocycles. The van der Waals surface area contributed by atoms with Crippen LogP contribution in [0.2, 0.25) is 0 Å². The van der Waals surface area contributed by atoms with Gasteiger partial charge in [0, 0.05) is 16.2 Å². The summed E-state index contributed by atoms with van der Waals surface area (Å²) in [6.45, 7) is 4.34. The Labute approximate surface area is 105 Å². The number of hydrogen-bond donors (Lipinski definition) is 0. The molecule has 0 N–H and O–H groups in total. The van der Waals surface area contributed by atoms with Gasteiger partial charge >= 0.3 is 0 Å². The number of hydrogen-bond acceptors (Lipinski definition) is 1. The van der Waals surface area contributed by atoms with E-state index in [0.29, 0.717) is 5.92 Å². The van der Waals surface area contributed by atoms with Gasteiger partial charge in [0.05, 0.1) is 5.69 Å². The first-order valence-electron chi connectivity index (χ1n) is 5.39. The van der Waals surface area contributed by atoms with Gasteiger partial charge in [-0.3, -0.25) is 4.98 Å². The molecule has 16 heavy (non-hydrogen) atoms. The quantitative estimate of drug-likeness (QED) is 0.779. The van der Waals surface area contributed by atoms with Gasteiger partial charge in [-0.25, -0.2) is 0 Å². The molecule has 82 valence electrons. The molecule has 0 saturated carbocycles. The highest BCUT2D eigenvalue weighted by atomic mass is 79.9. The zero-order valence-electron chi connectivity index (χ0n) is 9.44. The summed E-state index contributed by atoms with van der Waals surface area (Å²) in [5, 5.41) is 0. The van der Waals surface area contributed by atoms with Crippen LogP contribution >= 0.6 is 15.9 Å². The molecule has 0 saturated heterocycles. The largest absolute Gasteiger partial charge is 0.255 e. The number of halogens is 1. The van der Waals surface area contributed by atoms with Crippen molar-refractivity contribution >= 4 is 15.9 Å². The first kappa shape index (κ1) is 11.3. The summed E-state index contributed by atoms with van der Waals surface area (Å²) in [5.41, 5.74) is 3.40. The molecule has 1 aromatic carbocycles. The Morgan fingerprint density at radius 1 is 1.12 bits per heavy atom. The Morgan fingerprint density at radius 3 is 2.38 bits per heavy atom. The maximum absolute atomic E-state index is 4.52. The van der Waals surface area contributed by atoms with Crippen LogP contribution in [0.15, 0.2) is 47.1 Å². The zero-order chi connectivity index (χ0) is 11.5. The number of aromatic nitrogens is 1. The van der Waals surface area contributed by atoms with Gasteiger partial charge in [0.1, 0.15) is 0 Å². The molecule has 0 amide bonds. The van der Waals surface area contributed by atoms with Crippen LogP contribution in [0.5, 0.6) is 0 Å². The van der Waals surface area contributed by atoms with E-state index in [1.807, 2.05) is 24.4 Å². The van der Waals surface area contributed by atoms with Crippen molar-refractivity contribution in [3.8, 4) is 11.3 Å². The van der Waals surface area contributed by atoms with E-state index in [4.69, 9.17) is 0 Å². The number of nitrogens with zero attached hydrogens (tertiary/aromatic N) is 1. The molecule has 0 radical (unpaired) electrons. The van der Waals surface area contributed by atoms with Crippen LogP contribution in [-0.4, -0.2) is 4.98 Å². The highest BCUT2D eigenvalue weighted by molar-refractivity contribution is 9.10. The monoisotopic (exact) mass is 275 g/mol. The topological polar surface area (TPSA) is 12.9 Å². The molecular weight excluding hydrogens is 262 g/mol. The highest BCUT2D eigenvalue weighted by Gasteiger charge is 2.07. The smallest absolute Gasteiger partial charge is 0.0844 e. The van der Waals surface area contributed by atoms with E-state index in [9.17, 15) is 0 Å². The van der Waals surface area contributed by atoms with Gasteiger partial charge in [-0.05, 0) is 33.5 Å². The van der Waals surface area contributed by atoms with Crippen LogP contribution in [0.25, 0.3) is 11.3 Å². The van der Waals surface area contributed by atoms with E-state index in [2.05, 4.69) is 53.0 Å². The van der Waals surface area contributed by atoms with Gasteiger partial charge < -0.3 is 0 Å². The van der Waals surface area contributed by atoms with Crippen molar-refractivity contribution in [1.29, 1.82) is 0 Å². The lowest BCUT2D eigenvalue weighted by Crippen LogP contribution is -1.92. The Balaban J connectivity index is 2.45. The molecule has 0 unspecified atom stereocenters. The first-order valence-corrected chi connectivity index (χ1v) is 6.18. The lowest BCUT2D eigenvalue weighted by atomic mass is 10.0. The standard InChI is InChI=1S/C14H14BrN/c1-10(2)12-8-13(15)14(16-9-12)11-6-4-3-5-7-11/h3-10H,1-2H3. The van der Waals surface area contributed by atoms with Gasteiger partial charge in [0.15, 0.2) is 0 Å². The molecule has 1 heterocycles. The molecule has 0 bridgehead atoms. The maximum Gasteiger partial charge on any atom is 0.0844 e. The molecule has 0 spiro atoms. The van der Waals surface area contributed by atoms with E-state index < -0.39 is 0 Å². The lowest BCUT2D eigenvalue weighted by Gasteiger charge is -2.08. The fourth-order valence-corrected chi connectivity index (χ4v) is 2.17. The minimum Gasteiger partial charge on any atom is -0.255 e. The number of rotatable bonds is 2. The average Bonchev–Trinajstić information content (AvgIpc) is 2.30. The summed E-state index contributed by atoms with van der Waals surface area (Å²) >= 11 is 3.59. The minimum absolute atomic E-state index is 0.508. The van der Waals surface area contributed by atoms with E-state index in [1.54, 1.807) is 0 Å². The summed E-state index contributed by atoms with van der Waals surface area (Å²) in [4.78, 5) is 4.52. The second-order valence-electron chi connectivity index (χ2n) is 4.12. The van der Waals surface area contributed by atoms with E-state index in [0.717, 1.165) is 15.7 Å². The SMILES string of the molecule is CC(C)c1cnc(-c2ccccc2)c(Br)c1. The number of pyridine rings is 1. The third-order valence-electron chi connectivity index (χ3n) is 2.58. The Morgan fingerprint density at radius 2 is 1.81 bits per heavy atom. The predicted octanol–water partition coefficient (Wildman–Crippen LogP) is 4.63. The molecule has 0 atom stereocenters. The summed E-state index contributed by atoms with van der Waals surface area (Å²) in [7, 11) is 0. The van der Waals surface area contributed by atoms with Crippen LogP contribution in [-0.2, 0) is 0 Å². The van der Waals surface area contributed by atoms with Crippen molar-refractivity contribution in [3.05, 3.63) is 52.6 Å². The van der Waals surface area contributed by atoms with Crippen molar-refractivity contribution < 1.29 is 0 Å². The molecule has 1 nitrogen and oxygen atoms in total. The summed E-state index contributed by atoms with van der Waals surface area (Å²) in [5.74, 6) is 0.508. The zero-order valence-corrected chi connectivity index (χ0v) is 11.0. The van der Waals surface area contributed by atoms with E-state index >= 15 is 0 Å². The van der Waals surface area contributed by atoms with Crippen LogP contribution in [0, 0.1) is 0 Å². The normalized spacial score (nSPS) is 10.8. The maximum atomic E-state index is 4.52. The van der Waals surface area contributed by atoms with Crippen LogP contribution in [0.4, 0.5) is 0 Å². The molecule has 2 heteroatoms. The summed E-state index contributed by atoms with van der Waals surface area (Å²) < 4.78 is 1.06. The van der Waals surface area contributed by atoms with Gasteiger partial charge in [-0.15, -0.1) is 0 Å². The number of benzene rings is 1. The third kappa shape index (κ3) is 2.33. The molecular formula is C14H14BrN. The second kappa shape index (κ2) is 4.79. The van der Waals surface area contributed by atoms with Crippen LogP contribution < -0.4 is 0 Å². The minimum atomic E-state index is 0.508. The van der Waals surface area contributed by atoms with Crippen LogP contribution in [0.3, 0.4) is 0 Å². The average molecular weight is 276 g/mol. The fraction of sp³-hybridized carbons (Fsp3) is 0.214. The van der Waals surface area contributed by atoms with Crippen molar-refractivity contribution in [3.63, 3.8) is 0 Å². The van der Waals surface area contributed by atoms with Gasteiger partial charge in [-0.2, -0.15) is 0 Å². The lowest BCUT2D eigenvalue weighted by molar-refractivity contribution is 0.857. The molecule has 0 fully saturated rings. The van der Waals surface area contributed by atoms with E-state index in [-0.39, 0.29) is 0 Å². The van der Waals surface area contributed by atoms with Crippen molar-refractivity contribution in [2.45, 2.75) is 19.8 Å². The van der Waals surface area contributed by atoms with Crippen molar-refractivity contribution in [2.75, 3.05) is 0 Å². The molecule has 0 aliphatic rings. The highest BCUT2D eigenvalue weighted by Crippen LogP contribution is 2.28. The first-order chi connectivity index (χ1) is 7.68. The molecule has 2 rings (SSSR count). The second-order valence-corrected chi connectivity index (χ2v) is 4.97. The summed E-state index contributed by atoms with van der Waals surface area (Å²) in [6, 6.07) is 12.4. The van der Waals surface area contributed by atoms with Gasteiger partial charge in [-0.1, -0.05) is 44.2 Å². The van der Waals surface area contributed by atoms with Gasteiger partial charge in [0.25, 0.3) is 0 Å². The van der Waals surface area contributed by atoms with Crippen LogP contribution in [0.1, 0.15) is 25.3 Å². The Bertz CT molecular complexity index is 477. The fourth-order valence-electron chi connectivity index (χ4n) is 1.58. The third-order valence-corrected chi connectivity index (χ3v) is 3.18. The van der Waals surface area contributed by atoms with Crippen molar-refractivity contribution in [1.82, 2.24) is 4.98 Å². The molecule has 0 aliphatic heterocycles.